The second-order valence-electron chi connectivity index (χ2n) is 7.50. The Balaban J connectivity index is 1.41. The van der Waals surface area contributed by atoms with E-state index >= 15 is 0 Å². The predicted molar refractivity (Wildman–Crippen MR) is 110 cm³/mol. The SMILES string of the molecule is CCc1nc2c(F)ccc(OCC3CCN(c4c(F)cc(C)cc4F)CC3)c2s1. The molecule has 1 saturated heterocycles. The number of aromatic nitrogens is 1. The van der Waals surface area contributed by atoms with Crippen molar-refractivity contribution >= 4 is 27.2 Å². The van der Waals surface area contributed by atoms with Crippen molar-refractivity contribution in [3.05, 3.63) is 52.3 Å². The lowest BCUT2D eigenvalue weighted by molar-refractivity contribution is 0.224. The molecule has 3 aromatic rings. The number of ether oxygens (including phenoxy) is 1. The molecule has 7 heteroatoms. The summed E-state index contributed by atoms with van der Waals surface area (Å²) in [6.45, 7) is 5.31. The largest absolute Gasteiger partial charge is 0.492 e. The number of aryl methyl sites for hydroxylation is 2. The van der Waals surface area contributed by atoms with E-state index in [1.54, 1.807) is 17.9 Å². The number of hydrogen-bond donors (Lipinski definition) is 0. The Kier molecular flexibility index (Phi) is 5.67. The zero-order chi connectivity index (χ0) is 20.5. The Morgan fingerprint density at radius 2 is 1.79 bits per heavy atom. The van der Waals surface area contributed by atoms with Gasteiger partial charge in [-0.25, -0.2) is 18.2 Å². The van der Waals surface area contributed by atoms with Crippen LogP contribution in [0.3, 0.4) is 0 Å². The maximum atomic E-state index is 14.2. The smallest absolute Gasteiger partial charge is 0.150 e. The molecule has 0 aliphatic carbocycles. The molecule has 29 heavy (non-hydrogen) atoms. The van der Waals surface area contributed by atoms with Gasteiger partial charge >= 0.3 is 0 Å². The summed E-state index contributed by atoms with van der Waals surface area (Å²) in [5.41, 5.74) is 1.00. The maximum absolute atomic E-state index is 14.2. The lowest BCUT2D eigenvalue weighted by atomic mass is 9.97. The van der Waals surface area contributed by atoms with Crippen molar-refractivity contribution in [1.82, 2.24) is 4.98 Å². The first-order valence-electron chi connectivity index (χ1n) is 9.87. The van der Waals surface area contributed by atoms with Gasteiger partial charge in [0, 0.05) is 13.1 Å². The molecule has 0 amide bonds. The van der Waals surface area contributed by atoms with Crippen molar-refractivity contribution in [1.29, 1.82) is 0 Å². The number of hydrogen-bond acceptors (Lipinski definition) is 4. The van der Waals surface area contributed by atoms with Gasteiger partial charge in [0.15, 0.2) is 5.82 Å². The highest BCUT2D eigenvalue weighted by Gasteiger charge is 2.25. The Bertz CT molecular complexity index is 1010. The first kappa shape index (κ1) is 20.0. The standard InChI is InChI=1S/C22H23F3N2OS/c1-3-19-26-20-15(23)4-5-18(22(20)29-19)28-12-14-6-8-27(9-7-14)21-16(24)10-13(2)11-17(21)25/h4-5,10-11,14H,3,6-9,12H2,1-2H3. The van der Waals surface area contributed by atoms with Gasteiger partial charge in [0.1, 0.15) is 28.6 Å². The van der Waals surface area contributed by atoms with Gasteiger partial charge in [-0.3, -0.25) is 0 Å². The van der Waals surface area contributed by atoms with Crippen LogP contribution in [0.1, 0.15) is 30.3 Å². The molecular formula is C22H23F3N2OS. The van der Waals surface area contributed by atoms with Gasteiger partial charge in [-0.2, -0.15) is 0 Å². The van der Waals surface area contributed by atoms with Gasteiger partial charge in [0.2, 0.25) is 0 Å². The zero-order valence-electron chi connectivity index (χ0n) is 16.5. The summed E-state index contributed by atoms with van der Waals surface area (Å²) in [7, 11) is 0. The van der Waals surface area contributed by atoms with Crippen LogP contribution in [0.25, 0.3) is 10.2 Å². The number of thiazole rings is 1. The van der Waals surface area contributed by atoms with Crippen molar-refractivity contribution in [2.75, 3.05) is 24.6 Å². The summed E-state index contributed by atoms with van der Waals surface area (Å²) in [5, 5.41) is 0.880. The minimum atomic E-state index is -0.511. The number of rotatable bonds is 5. The van der Waals surface area contributed by atoms with E-state index in [1.165, 1.54) is 29.5 Å². The quantitative estimate of drug-likeness (QED) is 0.515. The van der Waals surface area contributed by atoms with Crippen LogP contribution < -0.4 is 9.64 Å². The summed E-state index contributed by atoms with van der Waals surface area (Å²) < 4.78 is 49.2. The van der Waals surface area contributed by atoms with Crippen molar-refractivity contribution in [3.8, 4) is 5.75 Å². The van der Waals surface area contributed by atoms with E-state index in [0.717, 1.165) is 29.0 Å². The van der Waals surface area contributed by atoms with E-state index in [2.05, 4.69) is 4.98 Å². The molecule has 0 spiro atoms. The number of anilines is 1. The minimum absolute atomic E-state index is 0.0620. The van der Waals surface area contributed by atoms with Crippen molar-refractivity contribution in [3.63, 3.8) is 0 Å². The van der Waals surface area contributed by atoms with Gasteiger partial charge in [-0.05, 0) is 61.9 Å². The van der Waals surface area contributed by atoms with E-state index in [0.29, 0.717) is 36.5 Å². The molecule has 1 aliphatic heterocycles. The fourth-order valence-corrected chi connectivity index (χ4v) is 4.77. The molecule has 1 aromatic heterocycles. The predicted octanol–water partition coefficient (Wildman–Crippen LogP) is 5.88. The maximum Gasteiger partial charge on any atom is 0.150 e. The monoisotopic (exact) mass is 420 g/mol. The van der Waals surface area contributed by atoms with Gasteiger partial charge in [0.05, 0.1) is 16.3 Å². The Morgan fingerprint density at radius 3 is 2.45 bits per heavy atom. The fraction of sp³-hybridized carbons (Fsp3) is 0.409. The van der Waals surface area contributed by atoms with E-state index in [4.69, 9.17) is 4.74 Å². The summed E-state index contributed by atoms with van der Waals surface area (Å²) in [6, 6.07) is 5.78. The molecule has 0 N–H and O–H groups in total. The van der Waals surface area contributed by atoms with Gasteiger partial charge in [-0.1, -0.05) is 6.92 Å². The van der Waals surface area contributed by atoms with Gasteiger partial charge < -0.3 is 9.64 Å². The van der Waals surface area contributed by atoms with Crippen LogP contribution in [0.4, 0.5) is 18.9 Å². The van der Waals surface area contributed by atoms with Crippen molar-refractivity contribution in [2.45, 2.75) is 33.1 Å². The summed E-state index contributed by atoms with van der Waals surface area (Å²) in [5.74, 6) is -0.428. The van der Waals surface area contributed by atoms with Crippen LogP contribution in [0.2, 0.25) is 0 Å². The molecule has 2 heterocycles. The van der Waals surface area contributed by atoms with Crippen LogP contribution in [-0.2, 0) is 6.42 Å². The average molecular weight is 421 g/mol. The van der Waals surface area contributed by atoms with Crippen LogP contribution in [0.5, 0.6) is 5.75 Å². The molecule has 1 fully saturated rings. The molecule has 0 atom stereocenters. The highest BCUT2D eigenvalue weighted by atomic mass is 32.1. The molecule has 0 unspecified atom stereocenters. The summed E-state index contributed by atoms with van der Waals surface area (Å²) in [6.07, 6.45) is 2.31. The molecule has 3 nitrogen and oxygen atoms in total. The lowest BCUT2D eigenvalue weighted by Crippen LogP contribution is -2.36. The molecule has 4 rings (SSSR count). The Hall–Kier alpha value is -2.28. The minimum Gasteiger partial charge on any atom is -0.492 e. The first-order chi connectivity index (χ1) is 14.0. The van der Waals surface area contributed by atoms with E-state index in [9.17, 15) is 13.2 Å². The van der Waals surface area contributed by atoms with E-state index in [1.807, 2.05) is 6.92 Å². The molecule has 154 valence electrons. The summed E-state index contributed by atoms with van der Waals surface area (Å²) >= 11 is 1.46. The second kappa shape index (κ2) is 8.22. The third-order valence-electron chi connectivity index (χ3n) is 5.37. The number of nitrogens with zero attached hydrogens (tertiary/aromatic N) is 2. The van der Waals surface area contributed by atoms with E-state index in [-0.39, 0.29) is 17.4 Å². The van der Waals surface area contributed by atoms with Crippen LogP contribution >= 0.6 is 11.3 Å². The zero-order valence-corrected chi connectivity index (χ0v) is 17.3. The van der Waals surface area contributed by atoms with Crippen LogP contribution in [0, 0.1) is 30.3 Å². The molecule has 0 saturated carbocycles. The van der Waals surface area contributed by atoms with Crippen molar-refractivity contribution < 1.29 is 17.9 Å². The van der Waals surface area contributed by atoms with Crippen LogP contribution in [-0.4, -0.2) is 24.7 Å². The molecule has 0 bridgehead atoms. The lowest BCUT2D eigenvalue weighted by Gasteiger charge is -2.34. The summed E-state index contributed by atoms with van der Waals surface area (Å²) in [4.78, 5) is 6.11. The number of benzene rings is 2. The first-order valence-corrected chi connectivity index (χ1v) is 10.7. The average Bonchev–Trinajstić information content (AvgIpc) is 3.13. The van der Waals surface area contributed by atoms with Gasteiger partial charge in [-0.15, -0.1) is 11.3 Å². The number of halogens is 3. The number of fused-ring (bicyclic) bond motifs is 1. The highest BCUT2D eigenvalue weighted by molar-refractivity contribution is 7.19. The molecular weight excluding hydrogens is 397 g/mol. The third-order valence-corrected chi connectivity index (χ3v) is 6.59. The normalized spacial score (nSPS) is 15.3. The van der Waals surface area contributed by atoms with Crippen molar-refractivity contribution in [2.24, 2.45) is 5.92 Å². The fourth-order valence-electron chi connectivity index (χ4n) is 3.79. The molecule has 2 aromatic carbocycles. The van der Waals surface area contributed by atoms with Gasteiger partial charge in [0.25, 0.3) is 0 Å². The third kappa shape index (κ3) is 4.06. The topological polar surface area (TPSA) is 25.4 Å². The second-order valence-corrected chi connectivity index (χ2v) is 8.59. The van der Waals surface area contributed by atoms with Crippen LogP contribution in [0.15, 0.2) is 24.3 Å². The Labute approximate surface area is 172 Å². The molecule has 0 radical (unpaired) electrons. The number of piperidine rings is 1. The molecule has 1 aliphatic rings. The van der Waals surface area contributed by atoms with E-state index < -0.39 is 11.6 Å². The Morgan fingerprint density at radius 1 is 1.10 bits per heavy atom. The highest BCUT2D eigenvalue weighted by Crippen LogP contribution is 2.34.